The lowest BCUT2D eigenvalue weighted by molar-refractivity contribution is -0.136. The molecule has 0 aliphatic carbocycles. The predicted octanol–water partition coefficient (Wildman–Crippen LogP) is 4.07. The summed E-state index contributed by atoms with van der Waals surface area (Å²) in [5.41, 5.74) is 0.595. The van der Waals surface area contributed by atoms with E-state index < -0.39 is 5.97 Å². The van der Waals surface area contributed by atoms with E-state index in [0.29, 0.717) is 12.2 Å². The van der Waals surface area contributed by atoms with Crippen LogP contribution in [0.4, 0.5) is 0 Å². The van der Waals surface area contributed by atoms with Gasteiger partial charge in [-0.25, -0.2) is 0 Å². The molecule has 1 aromatic rings. The molecule has 0 atom stereocenters. The highest BCUT2D eigenvalue weighted by molar-refractivity contribution is 7.12. The Balaban J connectivity index is 3.32. The van der Waals surface area contributed by atoms with Gasteiger partial charge in [-0.15, -0.1) is 11.3 Å². The first-order valence-electron chi connectivity index (χ1n) is 6.52. The number of carbonyl (C=O) groups is 1. The Hall–Kier alpha value is -1.03. The van der Waals surface area contributed by atoms with Crippen LogP contribution in [0.15, 0.2) is 0 Å². The van der Waals surface area contributed by atoms with Crippen molar-refractivity contribution in [3.63, 3.8) is 0 Å². The summed E-state index contributed by atoms with van der Waals surface area (Å²) < 4.78 is 0. The lowest BCUT2D eigenvalue weighted by Crippen LogP contribution is -2.14. The summed E-state index contributed by atoms with van der Waals surface area (Å²) in [6.45, 7) is 12.3. The normalized spacial score (nSPS) is 12.7. The van der Waals surface area contributed by atoms with E-state index >= 15 is 0 Å². The molecule has 108 valence electrons. The van der Waals surface area contributed by atoms with Crippen molar-refractivity contribution in [3.05, 3.63) is 15.3 Å². The third kappa shape index (κ3) is 3.72. The number of aryl methyl sites for hydroxylation is 1. The summed E-state index contributed by atoms with van der Waals surface area (Å²) in [5, 5.41) is 19.4. The summed E-state index contributed by atoms with van der Waals surface area (Å²) >= 11 is 1.55. The van der Waals surface area contributed by atoms with Crippen LogP contribution in [0.3, 0.4) is 0 Å². The largest absolute Gasteiger partial charge is 0.506 e. The SMILES string of the molecule is CC(C)(C)c1sc(CCC(=O)O)c(C(C)(C)C)c1O. The highest BCUT2D eigenvalue weighted by Gasteiger charge is 2.31. The predicted molar refractivity (Wildman–Crippen MR) is 79.3 cm³/mol. The molecule has 0 aliphatic rings. The van der Waals surface area contributed by atoms with Crippen molar-refractivity contribution in [1.82, 2.24) is 0 Å². The van der Waals surface area contributed by atoms with E-state index in [4.69, 9.17) is 5.11 Å². The number of carboxylic acids is 1. The van der Waals surface area contributed by atoms with Crippen LogP contribution in [-0.2, 0) is 22.0 Å². The molecule has 1 heterocycles. The van der Waals surface area contributed by atoms with Crippen molar-refractivity contribution >= 4 is 17.3 Å². The molecule has 0 saturated carbocycles. The van der Waals surface area contributed by atoms with Gasteiger partial charge in [0.25, 0.3) is 0 Å². The zero-order chi connectivity index (χ0) is 15.0. The third-order valence-corrected chi connectivity index (χ3v) is 4.62. The van der Waals surface area contributed by atoms with Crippen LogP contribution in [0.5, 0.6) is 5.75 Å². The molecule has 3 nitrogen and oxygen atoms in total. The van der Waals surface area contributed by atoms with E-state index in [9.17, 15) is 9.90 Å². The van der Waals surface area contributed by atoms with Crippen LogP contribution in [-0.4, -0.2) is 16.2 Å². The van der Waals surface area contributed by atoms with Crippen LogP contribution in [0.25, 0.3) is 0 Å². The van der Waals surface area contributed by atoms with Gasteiger partial charge in [-0.05, 0) is 17.3 Å². The van der Waals surface area contributed by atoms with Gasteiger partial charge in [-0.2, -0.15) is 0 Å². The molecule has 0 bridgehead atoms. The van der Waals surface area contributed by atoms with Gasteiger partial charge in [0.2, 0.25) is 0 Å². The number of carboxylic acid groups (broad SMARTS) is 1. The lowest BCUT2D eigenvalue weighted by Gasteiger charge is -2.21. The van der Waals surface area contributed by atoms with Crippen molar-refractivity contribution in [2.45, 2.75) is 65.2 Å². The Labute approximate surface area is 119 Å². The average molecular weight is 284 g/mol. The van der Waals surface area contributed by atoms with Crippen LogP contribution in [0, 0.1) is 0 Å². The zero-order valence-corrected chi connectivity index (χ0v) is 13.4. The molecule has 4 heteroatoms. The number of thiophene rings is 1. The van der Waals surface area contributed by atoms with E-state index in [1.807, 2.05) is 20.8 Å². The molecule has 1 rings (SSSR count). The van der Waals surface area contributed by atoms with E-state index in [-0.39, 0.29) is 17.3 Å². The standard InChI is InChI=1S/C15H24O3S/c1-14(2,3)11-9(7-8-10(16)17)19-13(12(11)18)15(4,5)6/h18H,7-8H2,1-6H3,(H,16,17). The fraction of sp³-hybridized carbons (Fsp3) is 0.667. The minimum Gasteiger partial charge on any atom is -0.506 e. The minimum atomic E-state index is -0.801. The van der Waals surface area contributed by atoms with Gasteiger partial charge in [0.15, 0.2) is 0 Å². The van der Waals surface area contributed by atoms with Gasteiger partial charge >= 0.3 is 5.97 Å². The topological polar surface area (TPSA) is 57.5 Å². The fourth-order valence-corrected chi connectivity index (χ4v) is 3.61. The van der Waals surface area contributed by atoms with Crippen LogP contribution in [0.2, 0.25) is 0 Å². The molecule has 0 fully saturated rings. The molecule has 0 unspecified atom stereocenters. The summed E-state index contributed by atoms with van der Waals surface area (Å²) in [6, 6.07) is 0. The quantitative estimate of drug-likeness (QED) is 0.879. The number of hydrogen-bond acceptors (Lipinski definition) is 3. The highest BCUT2D eigenvalue weighted by atomic mass is 32.1. The number of aliphatic carboxylic acids is 1. The molecule has 2 N–H and O–H groups in total. The van der Waals surface area contributed by atoms with Gasteiger partial charge in [-0.1, -0.05) is 41.5 Å². The molecule has 0 aromatic carbocycles. The second-order valence-electron chi connectivity index (χ2n) is 6.97. The Kier molecular flexibility index (Phi) is 4.35. The summed E-state index contributed by atoms with van der Waals surface area (Å²) in [7, 11) is 0. The molecule has 19 heavy (non-hydrogen) atoms. The van der Waals surface area contributed by atoms with Gasteiger partial charge < -0.3 is 10.2 Å². The van der Waals surface area contributed by atoms with E-state index in [2.05, 4.69) is 20.8 Å². The first kappa shape index (κ1) is 16.0. The van der Waals surface area contributed by atoms with Crippen molar-refractivity contribution in [3.8, 4) is 5.75 Å². The van der Waals surface area contributed by atoms with E-state index in [1.165, 1.54) is 0 Å². The fourth-order valence-electron chi connectivity index (χ4n) is 2.15. The molecule has 1 aromatic heterocycles. The molecule has 0 amide bonds. The van der Waals surface area contributed by atoms with Gasteiger partial charge in [-0.3, -0.25) is 4.79 Å². The third-order valence-electron chi connectivity index (χ3n) is 2.95. The molecule has 0 radical (unpaired) electrons. The minimum absolute atomic E-state index is 0.104. The van der Waals surface area contributed by atoms with Gasteiger partial charge in [0, 0.05) is 10.4 Å². The van der Waals surface area contributed by atoms with Crippen molar-refractivity contribution in [2.24, 2.45) is 0 Å². The highest BCUT2D eigenvalue weighted by Crippen LogP contribution is 2.47. The van der Waals surface area contributed by atoms with Crippen LogP contribution in [0.1, 0.15) is 63.3 Å². The number of aromatic hydroxyl groups is 1. The smallest absolute Gasteiger partial charge is 0.303 e. The van der Waals surface area contributed by atoms with E-state index in [0.717, 1.165) is 15.3 Å². The average Bonchev–Trinajstić information content (AvgIpc) is 2.50. The zero-order valence-electron chi connectivity index (χ0n) is 12.6. The van der Waals surface area contributed by atoms with Gasteiger partial charge in [0.05, 0.1) is 11.3 Å². The molecular formula is C15H24O3S. The summed E-state index contributed by atoms with van der Waals surface area (Å²) in [6.07, 6.45) is 0.586. The Morgan fingerprint density at radius 3 is 2.00 bits per heavy atom. The maximum absolute atomic E-state index is 10.8. The summed E-state index contributed by atoms with van der Waals surface area (Å²) in [4.78, 5) is 12.7. The van der Waals surface area contributed by atoms with Crippen LogP contribution >= 0.6 is 11.3 Å². The Morgan fingerprint density at radius 2 is 1.63 bits per heavy atom. The Morgan fingerprint density at radius 1 is 1.11 bits per heavy atom. The molecule has 0 aliphatic heterocycles. The first-order valence-corrected chi connectivity index (χ1v) is 7.33. The monoisotopic (exact) mass is 284 g/mol. The lowest BCUT2D eigenvalue weighted by atomic mass is 9.83. The number of hydrogen-bond donors (Lipinski definition) is 2. The van der Waals surface area contributed by atoms with E-state index in [1.54, 1.807) is 11.3 Å². The maximum atomic E-state index is 10.8. The molecule has 0 spiro atoms. The number of rotatable bonds is 3. The second-order valence-corrected chi connectivity index (χ2v) is 8.08. The van der Waals surface area contributed by atoms with Gasteiger partial charge in [0.1, 0.15) is 5.75 Å². The Bertz CT molecular complexity index is 473. The summed E-state index contributed by atoms with van der Waals surface area (Å²) in [5.74, 6) is -0.449. The molecule has 0 saturated heterocycles. The van der Waals surface area contributed by atoms with Crippen molar-refractivity contribution in [2.75, 3.05) is 0 Å². The second kappa shape index (κ2) is 5.16. The van der Waals surface area contributed by atoms with Crippen molar-refractivity contribution < 1.29 is 15.0 Å². The van der Waals surface area contributed by atoms with Crippen molar-refractivity contribution in [1.29, 1.82) is 0 Å². The maximum Gasteiger partial charge on any atom is 0.303 e. The molecular weight excluding hydrogens is 260 g/mol. The first-order chi connectivity index (χ1) is 8.44. The van der Waals surface area contributed by atoms with Crippen LogP contribution < -0.4 is 0 Å².